The van der Waals surface area contributed by atoms with Crippen molar-refractivity contribution < 1.29 is 14.7 Å². The Morgan fingerprint density at radius 1 is 1.53 bits per heavy atom. The van der Waals surface area contributed by atoms with Gasteiger partial charge in [0.15, 0.2) is 0 Å². The summed E-state index contributed by atoms with van der Waals surface area (Å²) < 4.78 is 1.41. The Kier molecular flexibility index (Phi) is 5.29. The number of carbonyl (C=O) groups excluding carboxylic acids is 1. The van der Waals surface area contributed by atoms with Crippen LogP contribution in [0.4, 0.5) is 0 Å². The van der Waals surface area contributed by atoms with Crippen LogP contribution in [0.5, 0.6) is 0 Å². The van der Waals surface area contributed by atoms with Gasteiger partial charge in [-0.3, -0.25) is 19.0 Å². The highest BCUT2D eigenvalue weighted by Crippen LogP contribution is 2.07. The smallest absolute Gasteiger partial charge is 0.307 e. The molecule has 1 aromatic rings. The largest absolute Gasteiger partial charge is 0.481 e. The van der Waals surface area contributed by atoms with E-state index in [9.17, 15) is 14.4 Å². The van der Waals surface area contributed by atoms with E-state index in [2.05, 4.69) is 0 Å². The van der Waals surface area contributed by atoms with Crippen LogP contribution >= 0.6 is 11.3 Å². The molecule has 0 bridgehead atoms. The molecule has 0 radical (unpaired) electrons. The summed E-state index contributed by atoms with van der Waals surface area (Å²) in [7, 11) is 0. The molecule has 1 atom stereocenters. The molecule has 0 aliphatic carbocycles. The minimum atomic E-state index is -0.942. The molecular weight excluding hydrogens is 268 g/mol. The minimum absolute atomic E-state index is 0.0357. The van der Waals surface area contributed by atoms with Crippen molar-refractivity contribution in [1.82, 2.24) is 9.47 Å². The predicted octanol–water partition coefficient (Wildman–Crippen LogP) is 0.930. The number of nitrogens with zero attached hydrogens (tertiary/aromatic N) is 2. The fourth-order valence-electron chi connectivity index (χ4n) is 1.92. The molecule has 7 heteroatoms. The summed E-state index contributed by atoms with van der Waals surface area (Å²) >= 11 is 1.05. The predicted molar refractivity (Wildman–Crippen MR) is 72.4 cm³/mol. The van der Waals surface area contributed by atoms with E-state index in [-0.39, 0.29) is 29.8 Å². The van der Waals surface area contributed by atoms with E-state index in [0.717, 1.165) is 17.0 Å². The number of thiazole rings is 1. The molecule has 6 nitrogen and oxygen atoms in total. The first-order valence-corrected chi connectivity index (χ1v) is 6.91. The second-order valence-electron chi connectivity index (χ2n) is 4.36. The highest BCUT2D eigenvalue weighted by molar-refractivity contribution is 7.07. The molecule has 1 rings (SSSR count). The molecule has 106 valence electrons. The average molecular weight is 286 g/mol. The van der Waals surface area contributed by atoms with E-state index in [1.807, 2.05) is 0 Å². The Morgan fingerprint density at radius 3 is 2.58 bits per heavy atom. The summed E-state index contributed by atoms with van der Waals surface area (Å²) in [5, 5.41) is 10.5. The molecule has 1 aromatic heterocycles. The molecule has 0 saturated heterocycles. The van der Waals surface area contributed by atoms with Crippen LogP contribution in [0.25, 0.3) is 0 Å². The topological polar surface area (TPSA) is 79.6 Å². The summed E-state index contributed by atoms with van der Waals surface area (Å²) in [5.74, 6) is -1.18. The molecule has 0 aliphatic rings. The number of carboxylic acid groups (broad SMARTS) is 1. The number of hydrogen-bond donors (Lipinski definition) is 1. The zero-order valence-electron chi connectivity index (χ0n) is 11.3. The number of aromatic nitrogens is 1. The Bertz CT molecular complexity index is 520. The third kappa shape index (κ3) is 3.92. The van der Waals surface area contributed by atoms with Gasteiger partial charge in [0.05, 0.1) is 6.42 Å². The lowest BCUT2D eigenvalue weighted by molar-refractivity contribution is -0.140. The van der Waals surface area contributed by atoms with Crippen LogP contribution in [0.2, 0.25) is 0 Å². The number of rotatable bonds is 6. The maximum Gasteiger partial charge on any atom is 0.307 e. The van der Waals surface area contributed by atoms with Crippen LogP contribution < -0.4 is 4.87 Å². The average Bonchev–Trinajstić information content (AvgIpc) is 2.60. The van der Waals surface area contributed by atoms with Crippen LogP contribution in [-0.2, 0) is 16.1 Å². The van der Waals surface area contributed by atoms with Gasteiger partial charge >= 0.3 is 10.8 Å². The van der Waals surface area contributed by atoms with E-state index in [1.165, 1.54) is 9.47 Å². The molecule has 0 aliphatic heterocycles. The van der Waals surface area contributed by atoms with Gasteiger partial charge in [0.1, 0.15) is 6.54 Å². The quantitative estimate of drug-likeness (QED) is 0.843. The fourth-order valence-corrected chi connectivity index (χ4v) is 2.65. The van der Waals surface area contributed by atoms with Crippen LogP contribution in [0.1, 0.15) is 26.0 Å². The maximum atomic E-state index is 12.1. The van der Waals surface area contributed by atoms with Crippen LogP contribution in [0.3, 0.4) is 0 Å². The molecule has 0 saturated carbocycles. The molecule has 0 spiro atoms. The van der Waals surface area contributed by atoms with Crippen molar-refractivity contribution in [3.63, 3.8) is 0 Å². The summed E-state index contributed by atoms with van der Waals surface area (Å²) in [5.41, 5.74) is 0.741. The summed E-state index contributed by atoms with van der Waals surface area (Å²) in [6.07, 6.45) is -0.100. The lowest BCUT2D eigenvalue weighted by Gasteiger charge is -2.27. The third-order valence-electron chi connectivity index (χ3n) is 2.93. The van der Waals surface area contributed by atoms with Gasteiger partial charge < -0.3 is 10.0 Å². The van der Waals surface area contributed by atoms with Gasteiger partial charge in [0, 0.05) is 23.7 Å². The standard InChI is InChI=1S/C12H18N2O4S/c1-4-13(8(2)5-11(16)17)10(15)6-14-9(3)7-19-12(14)18/h7-8H,4-6H2,1-3H3,(H,16,17). The molecule has 0 aromatic carbocycles. The van der Waals surface area contributed by atoms with Gasteiger partial charge in [-0.25, -0.2) is 0 Å². The van der Waals surface area contributed by atoms with Crippen molar-refractivity contribution in [3.8, 4) is 0 Å². The summed E-state index contributed by atoms with van der Waals surface area (Å²) in [4.78, 5) is 35.7. The monoisotopic (exact) mass is 286 g/mol. The van der Waals surface area contributed by atoms with Gasteiger partial charge in [-0.15, -0.1) is 0 Å². The second-order valence-corrected chi connectivity index (χ2v) is 5.18. The van der Waals surface area contributed by atoms with Crippen molar-refractivity contribution in [2.24, 2.45) is 0 Å². The summed E-state index contributed by atoms with van der Waals surface area (Å²) in [6, 6.07) is -0.385. The Labute approximate surface area is 115 Å². The highest BCUT2D eigenvalue weighted by atomic mass is 32.1. The van der Waals surface area contributed by atoms with Gasteiger partial charge in [0.25, 0.3) is 0 Å². The van der Waals surface area contributed by atoms with Crippen molar-refractivity contribution in [2.45, 2.75) is 39.8 Å². The minimum Gasteiger partial charge on any atom is -0.481 e. The molecule has 19 heavy (non-hydrogen) atoms. The zero-order valence-corrected chi connectivity index (χ0v) is 12.1. The molecular formula is C12H18N2O4S. The second kappa shape index (κ2) is 6.51. The lowest BCUT2D eigenvalue weighted by atomic mass is 10.2. The summed E-state index contributed by atoms with van der Waals surface area (Å²) in [6.45, 7) is 5.64. The fraction of sp³-hybridized carbons (Fsp3) is 0.583. The molecule has 1 amide bonds. The molecule has 1 heterocycles. The van der Waals surface area contributed by atoms with E-state index in [4.69, 9.17) is 5.11 Å². The number of hydrogen-bond acceptors (Lipinski definition) is 4. The number of aryl methyl sites for hydroxylation is 1. The van der Waals surface area contributed by atoms with Crippen molar-refractivity contribution >= 4 is 23.2 Å². The normalized spacial score (nSPS) is 12.2. The third-order valence-corrected chi connectivity index (χ3v) is 3.81. The van der Waals surface area contributed by atoms with Gasteiger partial charge in [-0.1, -0.05) is 11.3 Å². The first kappa shape index (κ1) is 15.4. The van der Waals surface area contributed by atoms with E-state index in [0.29, 0.717) is 6.54 Å². The van der Waals surface area contributed by atoms with Crippen molar-refractivity contribution in [3.05, 3.63) is 20.7 Å². The van der Waals surface area contributed by atoms with Crippen molar-refractivity contribution in [2.75, 3.05) is 6.54 Å². The Hall–Kier alpha value is -1.63. The van der Waals surface area contributed by atoms with Crippen LogP contribution in [-0.4, -0.2) is 39.0 Å². The number of carboxylic acids is 1. The highest BCUT2D eigenvalue weighted by Gasteiger charge is 2.21. The molecule has 0 fully saturated rings. The number of amides is 1. The van der Waals surface area contributed by atoms with Gasteiger partial charge in [-0.2, -0.15) is 0 Å². The number of aliphatic carboxylic acids is 1. The van der Waals surface area contributed by atoms with Gasteiger partial charge in [-0.05, 0) is 20.8 Å². The lowest BCUT2D eigenvalue weighted by Crippen LogP contribution is -2.42. The maximum absolute atomic E-state index is 12.1. The SMILES string of the molecule is CCN(C(=O)Cn1c(C)csc1=O)C(C)CC(=O)O. The van der Waals surface area contributed by atoms with E-state index >= 15 is 0 Å². The van der Waals surface area contributed by atoms with E-state index < -0.39 is 5.97 Å². The van der Waals surface area contributed by atoms with Gasteiger partial charge in [0.2, 0.25) is 5.91 Å². The number of carbonyl (C=O) groups is 2. The Balaban J connectivity index is 2.80. The first-order valence-electron chi connectivity index (χ1n) is 6.03. The van der Waals surface area contributed by atoms with Crippen molar-refractivity contribution in [1.29, 1.82) is 0 Å². The molecule has 1 N–H and O–H groups in total. The zero-order chi connectivity index (χ0) is 14.6. The first-order chi connectivity index (χ1) is 8.86. The molecule has 1 unspecified atom stereocenters. The van der Waals surface area contributed by atoms with Crippen LogP contribution in [0.15, 0.2) is 10.2 Å². The van der Waals surface area contributed by atoms with Crippen LogP contribution in [0, 0.1) is 6.92 Å². The Morgan fingerprint density at radius 2 is 2.16 bits per heavy atom. The van der Waals surface area contributed by atoms with E-state index in [1.54, 1.807) is 26.2 Å². The number of likely N-dealkylation sites (N-methyl/N-ethyl adjacent to an activating group) is 1.